The molecule has 0 heterocycles. The fourth-order valence-corrected chi connectivity index (χ4v) is 1.03. The SMILES string of the molecule is Fc1cc(C#CCCl)cc(C(F)(F)F)c1. The van der Waals surface area contributed by atoms with Crippen LogP contribution >= 0.6 is 11.6 Å². The average molecular weight is 237 g/mol. The minimum absolute atomic E-state index is 0.0160. The third-order valence-electron chi connectivity index (χ3n) is 1.52. The minimum atomic E-state index is -4.57. The van der Waals surface area contributed by atoms with Crippen LogP contribution in [-0.2, 0) is 6.18 Å². The van der Waals surface area contributed by atoms with E-state index in [1.807, 2.05) is 0 Å². The molecule has 5 heteroatoms. The lowest BCUT2D eigenvalue weighted by atomic mass is 10.1. The van der Waals surface area contributed by atoms with Crippen molar-refractivity contribution in [2.75, 3.05) is 5.88 Å². The lowest BCUT2D eigenvalue weighted by Crippen LogP contribution is -2.05. The van der Waals surface area contributed by atoms with E-state index in [9.17, 15) is 17.6 Å². The van der Waals surface area contributed by atoms with Crippen molar-refractivity contribution >= 4 is 11.6 Å². The summed E-state index contributed by atoms with van der Waals surface area (Å²) in [5.74, 6) is 3.69. The molecule has 0 aliphatic carbocycles. The molecule has 0 spiro atoms. The van der Waals surface area contributed by atoms with E-state index < -0.39 is 17.6 Å². The molecule has 0 aromatic heterocycles. The summed E-state index contributed by atoms with van der Waals surface area (Å²) in [5.41, 5.74) is -1.09. The van der Waals surface area contributed by atoms with Gasteiger partial charge >= 0.3 is 6.18 Å². The lowest BCUT2D eigenvalue weighted by molar-refractivity contribution is -0.137. The smallest absolute Gasteiger partial charge is 0.207 e. The Hall–Kier alpha value is -1.21. The zero-order valence-electron chi connectivity index (χ0n) is 7.33. The summed E-state index contributed by atoms with van der Waals surface area (Å²) in [6.45, 7) is 0. The summed E-state index contributed by atoms with van der Waals surface area (Å²) in [5, 5.41) is 0. The van der Waals surface area contributed by atoms with Gasteiger partial charge in [0.1, 0.15) is 5.82 Å². The molecular weight excluding hydrogens is 232 g/mol. The average Bonchev–Trinajstić information content (AvgIpc) is 2.12. The Morgan fingerprint density at radius 1 is 1.20 bits per heavy atom. The Labute approximate surface area is 88.9 Å². The lowest BCUT2D eigenvalue weighted by Gasteiger charge is -2.06. The van der Waals surface area contributed by atoms with Gasteiger partial charge in [-0.3, -0.25) is 0 Å². The molecule has 1 rings (SSSR count). The zero-order valence-corrected chi connectivity index (χ0v) is 8.08. The standard InChI is InChI=1S/C10H5ClF4/c11-3-1-2-7-4-8(10(13,14)15)6-9(12)5-7/h4-6H,3H2. The van der Waals surface area contributed by atoms with Crippen LogP contribution in [0.15, 0.2) is 18.2 Å². The van der Waals surface area contributed by atoms with Gasteiger partial charge in [-0.05, 0) is 18.2 Å². The predicted molar refractivity (Wildman–Crippen MR) is 49.0 cm³/mol. The second kappa shape index (κ2) is 4.54. The first-order chi connectivity index (χ1) is 6.93. The topological polar surface area (TPSA) is 0 Å². The Morgan fingerprint density at radius 3 is 2.40 bits per heavy atom. The van der Waals surface area contributed by atoms with E-state index in [2.05, 4.69) is 11.8 Å². The second-order valence-electron chi connectivity index (χ2n) is 2.66. The normalized spacial score (nSPS) is 10.7. The van der Waals surface area contributed by atoms with E-state index in [-0.39, 0.29) is 11.4 Å². The van der Waals surface area contributed by atoms with Crippen molar-refractivity contribution in [1.29, 1.82) is 0 Å². The van der Waals surface area contributed by atoms with Crippen LogP contribution in [0.3, 0.4) is 0 Å². The van der Waals surface area contributed by atoms with Crippen LogP contribution in [0, 0.1) is 17.7 Å². The van der Waals surface area contributed by atoms with Gasteiger partial charge < -0.3 is 0 Å². The van der Waals surface area contributed by atoms with Crippen LogP contribution < -0.4 is 0 Å². The highest BCUT2D eigenvalue weighted by Crippen LogP contribution is 2.30. The molecule has 0 saturated heterocycles. The van der Waals surface area contributed by atoms with E-state index >= 15 is 0 Å². The first-order valence-electron chi connectivity index (χ1n) is 3.86. The van der Waals surface area contributed by atoms with Crippen molar-refractivity contribution in [3.63, 3.8) is 0 Å². The molecule has 0 N–H and O–H groups in total. The highest BCUT2D eigenvalue weighted by molar-refractivity contribution is 6.19. The Bertz CT molecular complexity index is 412. The predicted octanol–water partition coefficient (Wildman–Crippen LogP) is 3.43. The van der Waals surface area contributed by atoms with E-state index in [0.717, 1.165) is 12.1 Å². The number of halogens is 5. The minimum Gasteiger partial charge on any atom is -0.207 e. The number of benzene rings is 1. The first-order valence-corrected chi connectivity index (χ1v) is 4.39. The van der Waals surface area contributed by atoms with Crippen molar-refractivity contribution in [2.24, 2.45) is 0 Å². The summed E-state index contributed by atoms with van der Waals surface area (Å²) < 4.78 is 49.5. The largest absolute Gasteiger partial charge is 0.416 e. The maximum absolute atomic E-state index is 12.8. The van der Waals surface area contributed by atoms with E-state index in [1.54, 1.807) is 0 Å². The molecular formula is C10H5ClF4. The van der Waals surface area contributed by atoms with Crippen molar-refractivity contribution < 1.29 is 17.6 Å². The van der Waals surface area contributed by atoms with Gasteiger partial charge in [-0.2, -0.15) is 13.2 Å². The number of alkyl halides is 4. The third-order valence-corrected chi connectivity index (χ3v) is 1.66. The van der Waals surface area contributed by atoms with E-state index in [0.29, 0.717) is 6.07 Å². The van der Waals surface area contributed by atoms with Crippen LogP contribution in [0.2, 0.25) is 0 Å². The Balaban J connectivity index is 3.17. The summed E-state index contributed by atoms with van der Waals surface area (Å²) in [6, 6.07) is 2.13. The number of hydrogen-bond donors (Lipinski definition) is 0. The molecule has 0 aliphatic rings. The fraction of sp³-hybridized carbons (Fsp3) is 0.200. The van der Waals surface area contributed by atoms with Gasteiger partial charge in [-0.15, -0.1) is 11.6 Å². The summed E-state index contributed by atoms with van der Waals surface area (Å²) in [6.07, 6.45) is -4.57. The quantitative estimate of drug-likeness (QED) is 0.368. The molecule has 0 bridgehead atoms. The van der Waals surface area contributed by atoms with Crippen molar-refractivity contribution in [3.05, 3.63) is 35.1 Å². The number of rotatable bonds is 0. The molecule has 0 fully saturated rings. The summed E-state index contributed by atoms with van der Waals surface area (Å²) in [4.78, 5) is 0. The summed E-state index contributed by atoms with van der Waals surface area (Å²) >= 11 is 5.23. The van der Waals surface area contributed by atoms with Crippen LogP contribution in [0.1, 0.15) is 11.1 Å². The van der Waals surface area contributed by atoms with Gasteiger partial charge in [-0.1, -0.05) is 11.8 Å². The van der Waals surface area contributed by atoms with Crippen molar-refractivity contribution in [3.8, 4) is 11.8 Å². The molecule has 0 unspecified atom stereocenters. The molecule has 15 heavy (non-hydrogen) atoms. The van der Waals surface area contributed by atoms with Gasteiger partial charge in [0.05, 0.1) is 11.4 Å². The number of hydrogen-bond acceptors (Lipinski definition) is 0. The molecule has 0 atom stereocenters. The Kier molecular flexibility index (Phi) is 3.59. The van der Waals surface area contributed by atoms with Crippen LogP contribution in [0.4, 0.5) is 17.6 Å². The Morgan fingerprint density at radius 2 is 1.87 bits per heavy atom. The highest BCUT2D eigenvalue weighted by Gasteiger charge is 2.31. The van der Waals surface area contributed by atoms with Gasteiger partial charge in [0.2, 0.25) is 0 Å². The van der Waals surface area contributed by atoms with Gasteiger partial charge in [0.15, 0.2) is 0 Å². The summed E-state index contributed by atoms with van der Waals surface area (Å²) in [7, 11) is 0. The zero-order chi connectivity index (χ0) is 11.5. The van der Waals surface area contributed by atoms with Crippen LogP contribution in [0.25, 0.3) is 0 Å². The highest BCUT2D eigenvalue weighted by atomic mass is 35.5. The maximum Gasteiger partial charge on any atom is 0.416 e. The van der Waals surface area contributed by atoms with E-state index in [1.165, 1.54) is 0 Å². The molecule has 80 valence electrons. The monoisotopic (exact) mass is 236 g/mol. The molecule has 0 aliphatic heterocycles. The van der Waals surface area contributed by atoms with Gasteiger partial charge in [0, 0.05) is 5.56 Å². The van der Waals surface area contributed by atoms with E-state index in [4.69, 9.17) is 11.6 Å². The van der Waals surface area contributed by atoms with Crippen LogP contribution in [0.5, 0.6) is 0 Å². The molecule has 1 aromatic rings. The molecule has 0 saturated carbocycles. The maximum atomic E-state index is 12.8. The molecule has 0 nitrogen and oxygen atoms in total. The first kappa shape index (κ1) is 11.9. The van der Waals surface area contributed by atoms with Gasteiger partial charge in [0.25, 0.3) is 0 Å². The van der Waals surface area contributed by atoms with Crippen molar-refractivity contribution in [1.82, 2.24) is 0 Å². The molecule has 0 radical (unpaired) electrons. The third kappa shape index (κ3) is 3.45. The molecule has 1 aromatic carbocycles. The second-order valence-corrected chi connectivity index (χ2v) is 2.93. The van der Waals surface area contributed by atoms with Crippen LogP contribution in [-0.4, -0.2) is 5.88 Å². The fourth-order valence-electron chi connectivity index (χ4n) is 0.961. The van der Waals surface area contributed by atoms with Gasteiger partial charge in [-0.25, -0.2) is 4.39 Å². The molecule has 0 amide bonds. The van der Waals surface area contributed by atoms with Crippen molar-refractivity contribution in [2.45, 2.75) is 6.18 Å².